The van der Waals surface area contributed by atoms with E-state index in [0.29, 0.717) is 16.9 Å². The number of hydrogen-bond donors (Lipinski definition) is 1. The van der Waals surface area contributed by atoms with E-state index in [1.54, 1.807) is 0 Å². The summed E-state index contributed by atoms with van der Waals surface area (Å²) >= 11 is 3.13. The lowest BCUT2D eigenvalue weighted by atomic mass is 9.88. The van der Waals surface area contributed by atoms with E-state index in [1.165, 1.54) is 18.6 Å². The standard InChI is InChI=1S/C17H26BrF2N/c1-4-7-8-12(5-2)9-16(21-6-3)17-14(19)10-13(18)11-15(17)20/h10-12,16,21H,4-9H2,1-3H3. The summed E-state index contributed by atoms with van der Waals surface area (Å²) in [5.41, 5.74) is 0.176. The van der Waals surface area contributed by atoms with Gasteiger partial charge in [0.05, 0.1) is 0 Å². The Kier molecular flexibility index (Phi) is 8.42. The molecule has 1 nitrogen and oxygen atoms in total. The van der Waals surface area contributed by atoms with Crippen molar-refractivity contribution in [3.8, 4) is 0 Å². The van der Waals surface area contributed by atoms with Gasteiger partial charge in [0.1, 0.15) is 11.6 Å². The molecule has 0 aliphatic rings. The third-order valence-electron chi connectivity index (χ3n) is 3.96. The van der Waals surface area contributed by atoms with E-state index in [9.17, 15) is 8.78 Å². The maximum atomic E-state index is 14.2. The van der Waals surface area contributed by atoms with Crippen molar-refractivity contribution in [3.63, 3.8) is 0 Å². The van der Waals surface area contributed by atoms with Crippen LogP contribution in [0, 0.1) is 17.6 Å². The highest BCUT2D eigenvalue weighted by atomic mass is 79.9. The molecule has 2 unspecified atom stereocenters. The smallest absolute Gasteiger partial charge is 0.132 e. The minimum atomic E-state index is -0.474. The van der Waals surface area contributed by atoms with Gasteiger partial charge in [-0.25, -0.2) is 8.78 Å². The summed E-state index contributed by atoms with van der Waals surface area (Å²) in [5.74, 6) is -0.451. The van der Waals surface area contributed by atoms with Gasteiger partial charge in [0.2, 0.25) is 0 Å². The van der Waals surface area contributed by atoms with Gasteiger partial charge in [-0.2, -0.15) is 0 Å². The third kappa shape index (κ3) is 5.67. The summed E-state index contributed by atoms with van der Waals surface area (Å²) in [5, 5.41) is 3.25. The van der Waals surface area contributed by atoms with Crippen LogP contribution in [-0.4, -0.2) is 6.54 Å². The number of unbranched alkanes of at least 4 members (excludes halogenated alkanes) is 1. The Morgan fingerprint density at radius 3 is 2.24 bits per heavy atom. The van der Waals surface area contributed by atoms with Gasteiger partial charge in [0, 0.05) is 16.1 Å². The van der Waals surface area contributed by atoms with Crippen LogP contribution in [0.15, 0.2) is 16.6 Å². The van der Waals surface area contributed by atoms with E-state index >= 15 is 0 Å². The van der Waals surface area contributed by atoms with Crippen molar-refractivity contribution in [1.82, 2.24) is 5.32 Å². The van der Waals surface area contributed by atoms with Gasteiger partial charge in [-0.3, -0.25) is 0 Å². The van der Waals surface area contributed by atoms with Crippen LogP contribution in [0.4, 0.5) is 8.78 Å². The quantitative estimate of drug-likeness (QED) is 0.569. The highest BCUT2D eigenvalue weighted by Gasteiger charge is 2.23. The van der Waals surface area contributed by atoms with Crippen molar-refractivity contribution in [1.29, 1.82) is 0 Å². The number of halogens is 3. The molecule has 0 fully saturated rings. The molecule has 0 saturated carbocycles. The molecule has 0 aromatic heterocycles. The van der Waals surface area contributed by atoms with Crippen LogP contribution in [0.3, 0.4) is 0 Å². The molecule has 120 valence electrons. The second kappa shape index (κ2) is 9.52. The topological polar surface area (TPSA) is 12.0 Å². The maximum Gasteiger partial charge on any atom is 0.132 e. The van der Waals surface area contributed by atoms with E-state index in [-0.39, 0.29) is 11.6 Å². The lowest BCUT2D eigenvalue weighted by Gasteiger charge is -2.25. The van der Waals surface area contributed by atoms with Crippen LogP contribution >= 0.6 is 15.9 Å². The van der Waals surface area contributed by atoms with E-state index in [0.717, 1.165) is 25.7 Å². The molecule has 0 aliphatic carbocycles. The minimum Gasteiger partial charge on any atom is -0.310 e. The fourth-order valence-electron chi connectivity index (χ4n) is 2.75. The zero-order chi connectivity index (χ0) is 15.8. The van der Waals surface area contributed by atoms with Crippen LogP contribution in [-0.2, 0) is 0 Å². The summed E-state index contributed by atoms with van der Waals surface area (Å²) in [4.78, 5) is 0. The summed E-state index contributed by atoms with van der Waals surface area (Å²) in [6, 6.07) is 2.43. The third-order valence-corrected chi connectivity index (χ3v) is 4.41. The van der Waals surface area contributed by atoms with Crippen LogP contribution in [0.1, 0.15) is 64.5 Å². The highest BCUT2D eigenvalue weighted by molar-refractivity contribution is 9.10. The van der Waals surface area contributed by atoms with Gasteiger partial charge in [0.25, 0.3) is 0 Å². The molecule has 0 radical (unpaired) electrons. The molecule has 2 atom stereocenters. The monoisotopic (exact) mass is 361 g/mol. The number of nitrogens with one attached hydrogen (secondary N) is 1. The van der Waals surface area contributed by atoms with Gasteiger partial charge in [-0.05, 0) is 31.0 Å². The summed E-state index contributed by atoms with van der Waals surface area (Å²) < 4.78 is 28.8. The molecule has 4 heteroatoms. The Morgan fingerprint density at radius 1 is 1.14 bits per heavy atom. The van der Waals surface area contributed by atoms with E-state index in [1.807, 2.05) is 6.92 Å². The molecule has 0 saturated heterocycles. The fraction of sp³-hybridized carbons (Fsp3) is 0.647. The molecular formula is C17H26BrF2N. The molecule has 0 spiro atoms. The van der Waals surface area contributed by atoms with Crippen molar-refractivity contribution in [3.05, 3.63) is 33.8 Å². The van der Waals surface area contributed by atoms with Gasteiger partial charge in [0.15, 0.2) is 0 Å². The second-order valence-electron chi connectivity index (χ2n) is 5.55. The lowest BCUT2D eigenvalue weighted by molar-refractivity contribution is 0.343. The minimum absolute atomic E-state index is 0.176. The van der Waals surface area contributed by atoms with Crippen molar-refractivity contribution < 1.29 is 8.78 Å². The first kappa shape index (κ1) is 18.6. The molecule has 0 bridgehead atoms. The van der Waals surface area contributed by atoms with Crippen molar-refractivity contribution >= 4 is 15.9 Å². The average Bonchev–Trinajstić information content (AvgIpc) is 2.42. The largest absolute Gasteiger partial charge is 0.310 e. The molecule has 1 rings (SSSR count). The van der Waals surface area contributed by atoms with Crippen molar-refractivity contribution in [2.45, 2.75) is 58.9 Å². The molecule has 0 amide bonds. The Morgan fingerprint density at radius 2 is 1.76 bits per heavy atom. The first-order valence-corrected chi connectivity index (χ1v) is 8.70. The molecular weight excluding hydrogens is 336 g/mol. The van der Waals surface area contributed by atoms with Crippen LogP contribution in [0.2, 0.25) is 0 Å². The first-order chi connectivity index (χ1) is 10.0. The first-order valence-electron chi connectivity index (χ1n) is 7.91. The summed E-state index contributed by atoms with van der Waals surface area (Å²) in [6.07, 6.45) is 5.27. The average molecular weight is 362 g/mol. The second-order valence-corrected chi connectivity index (χ2v) is 6.46. The molecule has 1 aromatic rings. The number of hydrogen-bond acceptors (Lipinski definition) is 1. The Balaban J connectivity index is 2.95. The van der Waals surface area contributed by atoms with Crippen LogP contribution < -0.4 is 5.32 Å². The Hall–Kier alpha value is -0.480. The SMILES string of the molecule is CCCCC(CC)CC(NCC)c1c(F)cc(Br)cc1F. The van der Waals surface area contributed by atoms with Gasteiger partial charge >= 0.3 is 0 Å². The molecule has 0 aliphatic heterocycles. The molecule has 1 aromatic carbocycles. The Bertz CT molecular complexity index is 414. The number of rotatable bonds is 9. The van der Waals surface area contributed by atoms with Gasteiger partial charge in [-0.15, -0.1) is 0 Å². The normalized spacial score (nSPS) is 14.2. The van der Waals surface area contributed by atoms with Gasteiger partial charge in [-0.1, -0.05) is 62.4 Å². The Labute approximate surface area is 135 Å². The van der Waals surface area contributed by atoms with Crippen molar-refractivity contribution in [2.75, 3.05) is 6.54 Å². The molecule has 1 N–H and O–H groups in total. The zero-order valence-electron chi connectivity index (χ0n) is 13.2. The molecule has 0 heterocycles. The van der Waals surface area contributed by atoms with Gasteiger partial charge < -0.3 is 5.32 Å². The van der Waals surface area contributed by atoms with Crippen LogP contribution in [0.5, 0.6) is 0 Å². The van der Waals surface area contributed by atoms with Crippen LogP contribution in [0.25, 0.3) is 0 Å². The summed E-state index contributed by atoms with van der Waals surface area (Å²) in [6.45, 7) is 6.98. The van der Waals surface area contributed by atoms with E-state index in [2.05, 4.69) is 35.1 Å². The van der Waals surface area contributed by atoms with E-state index in [4.69, 9.17) is 0 Å². The molecule has 21 heavy (non-hydrogen) atoms. The maximum absolute atomic E-state index is 14.2. The zero-order valence-corrected chi connectivity index (χ0v) is 14.8. The predicted octanol–water partition coefficient (Wildman–Crippen LogP) is 5.98. The van der Waals surface area contributed by atoms with Crippen molar-refractivity contribution in [2.24, 2.45) is 5.92 Å². The lowest BCUT2D eigenvalue weighted by Crippen LogP contribution is -2.25. The summed E-state index contributed by atoms with van der Waals surface area (Å²) in [7, 11) is 0. The highest BCUT2D eigenvalue weighted by Crippen LogP contribution is 2.31. The fourth-order valence-corrected chi connectivity index (χ4v) is 3.15. The van der Waals surface area contributed by atoms with E-state index < -0.39 is 11.6 Å². The predicted molar refractivity (Wildman–Crippen MR) is 88.4 cm³/mol. The number of benzene rings is 1.